The predicted molar refractivity (Wildman–Crippen MR) is 85.8 cm³/mol. The molecule has 2 aromatic carbocycles. The summed E-state index contributed by atoms with van der Waals surface area (Å²) < 4.78 is 6.15. The normalized spacial score (nSPS) is 12.2. The summed E-state index contributed by atoms with van der Waals surface area (Å²) in [6.07, 6.45) is -0.342. The Bertz CT molecular complexity index is 617. The number of hydrogen-bond donors (Lipinski definition) is 1. The van der Waals surface area contributed by atoms with E-state index in [1.54, 1.807) is 31.4 Å². The van der Waals surface area contributed by atoms with Crippen molar-refractivity contribution < 1.29 is 9.84 Å². The average molecular weight is 376 g/mol. The fourth-order valence-corrected chi connectivity index (χ4v) is 2.90. The molecule has 0 fully saturated rings. The van der Waals surface area contributed by atoms with Crippen molar-refractivity contribution in [2.24, 2.45) is 0 Å². The first-order valence-corrected chi connectivity index (χ1v) is 7.51. The third-order valence-corrected chi connectivity index (χ3v) is 4.06. The molecule has 1 N–H and O–H groups in total. The third-order valence-electron chi connectivity index (χ3n) is 2.98. The SMILES string of the molecule is COc1ccc(Cl)cc1C(O)Cc1ccc(Br)cc1Cl. The molecule has 0 bridgehead atoms. The van der Waals surface area contributed by atoms with E-state index >= 15 is 0 Å². The number of aliphatic hydroxyl groups excluding tert-OH is 1. The van der Waals surface area contributed by atoms with Crippen LogP contribution >= 0.6 is 39.1 Å². The van der Waals surface area contributed by atoms with Gasteiger partial charge in [-0.1, -0.05) is 45.2 Å². The van der Waals surface area contributed by atoms with Crippen LogP contribution in [0.4, 0.5) is 0 Å². The number of aliphatic hydroxyl groups is 1. The van der Waals surface area contributed by atoms with E-state index in [0.717, 1.165) is 10.0 Å². The van der Waals surface area contributed by atoms with E-state index in [2.05, 4.69) is 15.9 Å². The summed E-state index contributed by atoms with van der Waals surface area (Å²) in [5, 5.41) is 11.6. The Labute approximate surface area is 136 Å². The van der Waals surface area contributed by atoms with E-state index < -0.39 is 6.10 Å². The molecule has 106 valence electrons. The average Bonchev–Trinajstić information content (AvgIpc) is 2.41. The summed E-state index contributed by atoms with van der Waals surface area (Å²) >= 11 is 15.5. The molecule has 0 saturated carbocycles. The summed E-state index contributed by atoms with van der Waals surface area (Å²) in [5.74, 6) is 0.607. The second-order valence-electron chi connectivity index (χ2n) is 4.34. The molecular formula is C15H13BrCl2O2. The van der Waals surface area contributed by atoms with Gasteiger partial charge in [-0.3, -0.25) is 0 Å². The van der Waals surface area contributed by atoms with Gasteiger partial charge < -0.3 is 9.84 Å². The Kier molecular flexibility index (Phi) is 5.33. The minimum atomic E-state index is -0.734. The first-order valence-electron chi connectivity index (χ1n) is 5.96. The number of halogens is 3. The maximum Gasteiger partial charge on any atom is 0.124 e. The van der Waals surface area contributed by atoms with Crippen LogP contribution in [0.1, 0.15) is 17.2 Å². The van der Waals surface area contributed by atoms with E-state index in [1.807, 2.05) is 12.1 Å². The highest BCUT2D eigenvalue weighted by atomic mass is 79.9. The van der Waals surface area contributed by atoms with E-state index in [1.165, 1.54) is 0 Å². The molecule has 0 aliphatic rings. The Morgan fingerprint density at radius 1 is 1.20 bits per heavy atom. The van der Waals surface area contributed by atoms with Crippen LogP contribution in [-0.2, 0) is 6.42 Å². The molecule has 2 rings (SSSR count). The lowest BCUT2D eigenvalue weighted by atomic mass is 10.0. The van der Waals surface area contributed by atoms with Crippen LogP contribution < -0.4 is 4.74 Å². The minimum Gasteiger partial charge on any atom is -0.496 e. The fourth-order valence-electron chi connectivity index (χ4n) is 1.97. The molecule has 0 aliphatic carbocycles. The third kappa shape index (κ3) is 3.67. The molecule has 1 unspecified atom stereocenters. The molecular weight excluding hydrogens is 363 g/mol. The lowest BCUT2D eigenvalue weighted by molar-refractivity contribution is 0.174. The van der Waals surface area contributed by atoms with Crippen LogP contribution in [0, 0.1) is 0 Å². The quantitative estimate of drug-likeness (QED) is 0.810. The smallest absolute Gasteiger partial charge is 0.124 e. The highest BCUT2D eigenvalue weighted by Gasteiger charge is 2.16. The van der Waals surface area contributed by atoms with E-state index in [-0.39, 0.29) is 0 Å². The summed E-state index contributed by atoms with van der Waals surface area (Å²) in [4.78, 5) is 0. The predicted octanol–water partition coefficient (Wildman–Crippen LogP) is 5.04. The van der Waals surface area contributed by atoms with Gasteiger partial charge in [0.2, 0.25) is 0 Å². The van der Waals surface area contributed by atoms with E-state index in [0.29, 0.717) is 27.8 Å². The van der Waals surface area contributed by atoms with Gasteiger partial charge in [-0.2, -0.15) is 0 Å². The molecule has 0 aromatic heterocycles. The number of ether oxygens (including phenoxy) is 1. The Morgan fingerprint density at radius 2 is 1.95 bits per heavy atom. The van der Waals surface area contributed by atoms with Crippen LogP contribution in [0.25, 0.3) is 0 Å². The molecule has 0 spiro atoms. The van der Waals surface area contributed by atoms with Crippen LogP contribution in [0.2, 0.25) is 10.0 Å². The zero-order chi connectivity index (χ0) is 14.7. The van der Waals surface area contributed by atoms with Gasteiger partial charge >= 0.3 is 0 Å². The van der Waals surface area contributed by atoms with Gasteiger partial charge in [-0.05, 0) is 35.9 Å². The van der Waals surface area contributed by atoms with Crippen molar-refractivity contribution in [3.05, 3.63) is 62.0 Å². The van der Waals surface area contributed by atoms with E-state index in [4.69, 9.17) is 27.9 Å². The molecule has 0 saturated heterocycles. The Balaban J connectivity index is 2.27. The van der Waals surface area contributed by atoms with Crippen molar-refractivity contribution in [2.75, 3.05) is 7.11 Å². The second kappa shape index (κ2) is 6.81. The maximum absolute atomic E-state index is 10.4. The summed E-state index contributed by atoms with van der Waals surface area (Å²) in [7, 11) is 1.56. The fraction of sp³-hybridized carbons (Fsp3) is 0.200. The zero-order valence-corrected chi connectivity index (χ0v) is 13.8. The van der Waals surface area contributed by atoms with Crippen LogP contribution in [0.3, 0.4) is 0 Å². The first kappa shape index (κ1) is 15.6. The molecule has 5 heteroatoms. The highest BCUT2D eigenvalue weighted by molar-refractivity contribution is 9.10. The minimum absolute atomic E-state index is 0.392. The molecule has 0 heterocycles. The summed E-state index contributed by atoms with van der Waals surface area (Å²) in [5.41, 5.74) is 1.52. The van der Waals surface area contributed by atoms with Crippen molar-refractivity contribution in [1.82, 2.24) is 0 Å². The second-order valence-corrected chi connectivity index (χ2v) is 6.10. The van der Waals surface area contributed by atoms with Gasteiger partial charge in [0.15, 0.2) is 0 Å². The Hall–Kier alpha value is -0.740. The van der Waals surface area contributed by atoms with Gasteiger partial charge in [0.25, 0.3) is 0 Å². The lowest BCUT2D eigenvalue weighted by Crippen LogP contribution is -2.04. The number of benzene rings is 2. The molecule has 0 radical (unpaired) electrons. The van der Waals surface area contributed by atoms with Crippen molar-refractivity contribution in [1.29, 1.82) is 0 Å². The van der Waals surface area contributed by atoms with Gasteiger partial charge in [-0.15, -0.1) is 0 Å². The van der Waals surface area contributed by atoms with Gasteiger partial charge in [-0.25, -0.2) is 0 Å². The lowest BCUT2D eigenvalue weighted by Gasteiger charge is -2.16. The van der Waals surface area contributed by atoms with Crippen molar-refractivity contribution >= 4 is 39.1 Å². The summed E-state index contributed by atoms with van der Waals surface area (Å²) in [6.45, 7) is 0. The molecule has 2 nitrogen and oxygen atoms in total. The standard InChI is InChI=1S/C15H13BrCl2O2/c1-20-15-5-4-11(17)8-12(15)14(19)6-9-2-3-10(16)7-13(9)18/h2-5,7-8,14,19H,6H2,1H3. The largest absolute Gasteiger partial charge is 0.496 e. The molecule has 20 heavy (non-hydrogen) atoms. The van der Waals surface area contributed by atoms with Crippen LogP contribution in [-0.4, -0.2) is 12.2 Å². The topological polar surface area (TPSA) is 29.5 Å². The monoisotopic (exact) mass is 374 g/mol. The Morgan fingerprint density at radius 3 is 2.60 bits per heavy atom. The van der Waals surface area contributed by atoms with Crippen molar-refractivity contribution in [2.45, 2.75) is 12.5 Å². The van der Waals surface area contributed by atoms with Gasteiger partial charge in [0.1, 0.15) is 5.75 Å². The summed E-state index contributed by atoms with van der Waals surface area (Å²) in [6, 6.07) is 10.7. The number of hydrogen-bond acceptors (Lipinski definition) is 2. The van der Waals surface area contributed by atoms with Gasteiger partial charge in [0, 0.05) is 26.5 Å². The zero-order valence-electron chi connectivity index (χ0n) is 10.7. The van der Waals surface area contributed by atoms with Gasteiger partial charge in [0.05, 0.1) is 13.2 Å². The molecule has 0 amide bonds. The number of rotatable bonds is 4. The van der Waals surface area contributed by atoms with E-state index in [9.17, 15) is 5.11 Å². The molecule has 0 aliphatic heterocycles. The van der Waals surface area contributed by atoms with Crippen LogP contribution in [0.5, 0.6) is 5.75 Å². The van der Waals surface area contributed by atoms with Crippen LogP contribution in [0.15, 0.2) is 40.9 Å². The number of methoxy groups -OCH3 is 1. The highest BCUT2D eigenvalue weighted by Crippen LogP contribution is 2.32. The van der Waals surface area contributed by atoms with Crippen molar-refractivity contribution in [3.8, 4) is 5.75 Å². The van der Waals surface area contributed by atoms with Crippen molar-refractivity contribution in [3.63, 3.8) is 0 Å². The maximum atomic E-state index is 10.4. The molecule has 1 atom stereocenters. The first-order chi connectivity index (χ1) is 9.51. The molecule has 2 aromatic rings.